The van der Waals surface area contributed by atoms with E-state index in [2.05, 4.69) is 48.4 Å². The highest BCUT2D eigenvalue weighted by molar-refractivity contribution is 5.45. The Labute approximate surface area is 114 Å². The van der Waals surface area contributed by atoms with Gasteiger partial charge in [-0.15, -0.1) is 0 Å². The van der Waals surface area contributed by atoms with Crippen LogP contribution in [0, 0.1) is 0 Å². The number of hydrogen-bond donors (Lipinski definition) is 1. The molecule has 0 aliphatic heterocycles. The van der Waals surface area contributed by atoms with Crippen molar-refractivity contribution in [1.82, 2.24) is 4.98 Å². The van der Waals surface area contributed by atoms with Crippen LogP contribution in [0.3, 0.4) is 0 Å². The number of nitrogens with one attached hydrogen (secondary N) is 1. The Morgan fingerprint density at radius 1 is 1.16 bits per heavy atom. The molecule has 0 unspecified atom stereocenters. The number of rotatable bonds is 5. The zero-order valence-electron chi connectivity index (χ0n) is 11.7. The summed E-state index contributed by atoms with van der Waals surface area (Å²) in [5, 5.41) is 3.36. The molecule has 0 bridgehead atoms. The number of nitrogens with zero attached hydrogens (tertiary/aromatic N) is 1. The molecule has 1 heterocycles. The van der Waals surface area contributed by atoms with Crippen LogP contribution in [0.2, 0.25) is 0 Å². The Kier molecular flexibility index (Phi) is 4.39. The molecule has 19 heavy (non-hydrogen) atoms. The van der Waals surface area contributed by atoms with Gasteiger partial charge in [-0.2, -0.15) is 0 Å². The van der Waals surface area contributed by atoms with E-state index in [1.807, 2.05) is 12.1 Å². The van der Waals surface area contributed by atoms with Gasteiger partial charge in [0, 0.05) is 24.5 Å². The topological polar surface area (TPSA) is 34.1 Å². The molecule has 0 aliphatic carbocycles. The van der Waals surface area contributed by atoms with Gasteiger partial charge in [0.25, 0.3) is 0 Å². The number of ether oxygens (including phenoxy) is 1. The minimum Gasteiger partial charge on any atom is -0.481 e. The van der Waals surface area contributed by atoms with Crippen LogP contribution in [-0.2, 0) is 6.54 Å². The fourth-order valence-corrected chi connectivity index (χ4v) is 1.86. The van der Waals surface area contributed by atoms with Crippen molar-refractivity contribution < 1.29 is 4.74 Å². The van der Waals surface area contributed by atoms with Crippen molar-refractivity contribution in [2.75, 3.05) is 12.4 Å². The predicted molar refractivity (Wildman–Crippen MR) is 78.6 cm³/mol. The van der Waals surface area contributed by atoms with Crippen molar-refractivity contribution in [3.05, 3.63) is 53.7 Å². The first-order valence-electron chi connectivity index (χ1n) is 6.52. The smallest absolute Gasteiger partial charge is 0.214 e. The molecule has 1 N–H and O–H groups in total. The molecule has 3 nitrogen and oxygen atoms in total. The van der Waals surface area contributed by atoms with Gasteiger partial charge in [0.1, 0.15) is 0 Å². The molecule has 0 spiro atoms. The van der Waals surface area contributed by atoms with Crippen LogP contribution < -0.4 is 10.1 Å². The van der Waals surface area contributed by atoms with Crippen molar-refractivity contribution in [3.8, 4) is 5.88 Å². The van der Waals surface area contributed by atoms with E-state index in [9.17, 15) is 0 Å². The minimum absolute atomic E-state index is 0.575. The van der Waals surface area contributed by atoms with Gasteiger partial charge in [-0.25, -0.2) is 4.98 Å². The molecule has 0 aliphatic rings. The zero-order valence-corrected chi connectivity index (χ0v) is 11.7. The van der Waals surface area contributed by atoms with Gasteiger partial charge in [-0.3, -0.25) is 0 Å². The molecule has 0 saturated heterocycles. The number of anilines is 1. The number of benzene rings is 1. The van der Waals surface area contributed by atoms with Crippen LogP contribution in [-0.4, -0.2) is 12.1 Å². The van der Waals surface area contributed by atoms with Gasteiger partial charge >= 0.3 is 0 Å². The second-order valence-corrected chi connectivity index (χ2v) is 4.84. The third-order valence-corrected chi connectivity index (χ3v) is 3.09. The summed E-state index contributed by atoms with van der Waals surface area (Å²) in [6.07, 6.45) is 1.74. The first-order valence-corrected chi connectivity index (χ1v) is 6.52. The van der Waals surface area contributed by atoms with Crippen LogP contribution in [0.1, 0.15) is 30.9 Å². The molecule has 3 heteroatoms. The maximum atomic E-state index is 5.10. The standard InChI is InChI=1S/C16H20N2O/c1-12(2)14-6-4-13(5-7-14)11-18-15-8-9-17-16(10-15)19-3/h4-10,12H,11H2,1-3H3,(H,17,18). The first-order chi connectivity index (χ1) is 9.19. The maximum absolute atomic E-state index is 5.10. The number of aromatic nitrogens is 1. The average molecular weight is 256 g/mol. The number of pyridine rings is 1. The summed E-state index contributed by atoms with van der Waals surface area (Å²) in [6, 6.07) is 12.5. The summed E-state index contributed by atoms with van der Waals surface area (Å²) < 4.78 is 5.10. The lowest BCUT2D eigenvalue weighted by molar-refractivity contribution is 0.398. The van der Waals surface area contributed by atoms with Gasteiger partial charge in [0.05, 0.1) is 7.11 Å². The lowest BCUT2D eigenvalue weighted by Crippen LogP contribution is -2.00. The maximum Gasteiger partial charge on any atom is 0.214 e. The van der Waals surface area contributed by atoms with Crippen molar-refractivity contribution in [2.45, 2.75) is 26.3 Å². The molecular formula is C16H20N2O. The van der Waals surface area contributed by atoms with E-state index >= 15 is 0 Å². The van der Waals surface area contributed by atoms with Gasteiger partial charge in [0.15, 0.2) is 0 Å². The van der Waals surface area contributed by atoms with Crippen LogP contribution in [0.4, 0.5) is 5.69 Å². The minimum atomic E-state index is 0.575. The summed E-state index contributed by atoms with van der Waals surface area (Å²) in [6.45, 7) is 5.21. The van der Waals surface area contributed by atoms with Crippen LogP contribution in [0.5, 0.6) is 5.88 Å². The van der Waals surface area contributed by atoms with E-state index in [0.29, 0.717) is 11.8 Å². The quantitative estimate of drug-likeness (QED) is 0.883. The normalized spacial score (nSPS) is 10.5. The van der Waals surface area contributed by atoms with Crippen molar-refractivity contribution in [2.24, 2.45) is 0 Å². The second-order valence-electron chi connectivity index (χ2n) is 4.84. The average Bonchev–Trinajstić information content (AvgIpc) is 2.46. The molecular weight excluding hydrogens is 236 g/mol. The highest BCUT2D eigenvalue weighted by Gasteiger charge is 2.00. The van der Waals surface area contributed by atoms with Crippen LogP contribution >= 0.6 is 0 Å². The Morgan fingerprint density at radius 2 is 1.89 bits per heavy atom. The van der Waals surface area contributed by atoms with E-state index in [1.165, 1.54) is 11.1 Å². The van der Waals surface area contributed by atoms with Gasteiger partial charge in [0.2, 0.25) is 5.88 Å². The molecule has 2 aromatic rings. The monoisotopic (exact) mass is 256 g/mol. The molecule has 0 saturated carbocycles. The molecule has 0 radical (unpaired) electrons. The van der Waals surface area contributed by atoms with E-state index in [4.69, 9.17) is 4.74 Å². The summed E-state index contributed by atoms with van der Waals surface area (Å²) >= 11 is 0. The number of methoxy groups -OCH3 is 1. The molecule has 1 aromatic heterocycles. The second kappa shape index (κ2) is 6.23. The van der Waals surface area contributed by atoms with Gasteiger partial charge in [-0.05, 0) is 23.1 Å². The summed E-state index contributed by atoms with van der Waals surface area (Å²) in [5.74, 6) is 1.20. The largest absolute Gasteiger partial charge is 0.481 e. The summed E-state index contributed by atoms with van der Waals surface area (Å²) in [5.41, 5.74) is 3.65. The molecule has 0 amide bonds. The fourth-order valence-electron chi connectivity index (χ4n) is 1.86. The first kappa shape index (κ1) is 13.4. The van der Waals surface area contributed by atoms with E-state index in [-0.39, 0.29) is 0 Å². The van der Waals surface area contributed by atoms with Gasteiger partial charge < -0.3 is 10.1 Å². The lowest BCUT2D eigenvalue weighted by atomic mass is 10.0. The zero-order chi connectivity index (χ0) is 13.7. The Bertz CT molecular complexity index is 521. The number of hydrogen-bond acceptors (Lipinski definition) is 3. The molecule has 100 valence electrons. The lowest BCUT2D eigenvalue weighted by Gasteiger charge is -2.09. The highest BCUT2D eigenvalue weighted by atomic mass is 16.5. The molecule has 1 aromatic carbocycles. The summed E-state index contributed by atoms with van der Waals surface area (Å²) in [4.78, 5) is 4.08. The van der Waals surface area contributed by atoms with Crippen molar-refractivity contribution in [3.63, 3.8) is 0 Å². The Hall–Kier alpha value is -2.03. The van der Waals surface area contributed by atoms with Gasteiger partial charge in [-0.1, -0.05) is 38.1 Å². The Morgan fingerprint density at radius 3 is 2.53 bits per heavy atom. The van der Waals surface area contributed by atoms with E-state index in [0.717, 1.165) is 12.2 Å². The van der Waals surface area contributed by atoms with E-state index < -0.39 is 0 Å². The van der Waals surface area contributed by atoms with Crippen molar-refractivity contribution >= 4 is 5.69 Å². The van der Waals surface area contributed by atoms with Crippen LogP contribution in [0.15, 0.2) is 42.6 Å². The van der Waals surface area contributed by atoms with Crippen LogP contribution in [0.25, 0.3) is 0 Å². The third-order valence-electron chi connectivity index (χ3n) is 3.09. The highest BCUT2D eigenvalue weighted by Crippen LogP contribution is 2.17. The third kappa shape index (κ3) is 3.71. The predicted octanol–water partition coefficient (Wildman–Crippen LogP) is 3.83. The Balaban J connectivity index is 1.98. The molecule has 0 atom stereocenters. The summed E-state index contributed by atoms with van der Waals surface area (Å²) in [7, 11) is 1.62. The van der Waals surface area contributed by atoms with Crippen molar-refractivity contribution in [1.29, 1.82) is 0 Å². The fraction of sp³-hybridized carbons (Fsp3) is 0.312. The van der Waals surface area contributed by atoms with E-state index in [1.54, 1.807) is 13.3 Å². The molecule has 0 fully saturated rings. The SMILES string of the molecule is COc1cc(NCc2ccc(C(C)C)cc2)ccn1. The molecule has 2 rings (SSSR count).